The van der Waals surface area contributed by atoms with Crippen molar-refractivity contribution in [2.75, 3.05) is 58.9 Å². The van der Waals surface area contributed by atoms with Crippen LogP contribution in [0.4, 0.5) is 0 Å². The van der Waals surface area contributed by atoms with Crippen LogP contribution in [0.25, 0.3) is 0 Å². The number of carbonyl (C=O) groups is 18. The molecule has 133 heavy (non-hydrogen) atoms. The molecule has 1 rings (SSSR count). The Kier molecular flexibility index (Phi) is 57.4. The largest absolute Gasteiger partial charge is 0.480 e. The number of likely N-dealkylation sites (tertiary alicyclic amines) is 1. The van der Waals surface area contributed by atoms with Gasteiger partial charge in [0.15, 0.2) is 17.9 Å². The maximum atomic E-state index is 14.4. The van der Waals surface area contributed by atoms with Gasteiger partial charge in [-0.15, -0.1) is 0 Å². The molecule has 49 heteroatoms. The summed E-state index contributed by atoms with van der Waals surface area (Å²) in [5.41, 5.74) is 62.0. The quantitative estimate of drug-likeness (QED) is 0.0153. The number of carbonyl (C=O) groups excluding carboxylic acids is 17. The number of unbranched alkanes of at least 4 members (excludes halogenated alkanes) is 3. The molecule has 0 aromatic carbocycles. The minimum Gasteiger partial charge on any atom is -0.480 e. The van der Waals surface area contributed by atoms with Crippen LogP contribution in [0.2, 0.25) is 0 Å². The summed E-state index contributed by atoms with van der Waals surface area (Å²) in [5.74, 6) is -18.8. The maximum absolute atomic E-state index is 14.4. The summed E-state index contributed by atoms with van der Waals surface area (Å²) in [6.45, 7) is 18.8. The molecule has 1 aliphatic heterocycles. The molecule has 17 amide bonds. The highest BCUT2D eigenvalue weighted by atomic mass is 16.4. The summed E-state index contributed by atoms with van der Waals surface area (Å²) in [6, 6.07) is -19.6. The molecule has 0 aromatic rings. The summed E-state index contributed by atoms with van der Waals surface area (Å²) < 4.78 is 0. The molecule has 756 valence electrons. The van der Waals surface area contributed by atoms with E-state index in [1.54, 1.807) is 69.2 Å². The van der Waals surface area contributed by atoms with Gasteiger partial charge in [-0.1, -0.05) is 88.5 Å². The molecule has 1 heterocycles. The highest BCUT2D eigenvalue weighted by molar-refractivity contribution is 6.01. The Morgan fingerprint density at radius 1 is 0.368 bits per heavy atom. The van der Waals surface area contributed by atoms with Crippen LogP contribution in [0.3, 0.4) is 0 Å². The first-order chi connectivity index (χ1) is 62.6. The van der Waals surface area contributed by atoms with E-state index in [0.717, 1.165) is 0 Å². The van der Waals surface area contributed by atoms with E-state index < -0.39 is 247 Å². The molecule has 0 unspecified atom stereocenters. The zero-order valence-electron chi connectivity index (χ0n) is 79.4. The normalized spacial score (nSPS) is 15.9. The standard InChI is InChI=1S/C84H156N30O19/c1-13-47(9)65(112-75(126)57(32-33-60(89)115)104-61(116)42-99-69(120)58(41-44(3)4)109-73(124)54(27-17-20-36-87)108-76(127)59-31-24-40-114(59)80(131)50(12)102-71(122)55(29-22-38-97-83(92)93)106-68(119)51(88)25-15-18-34-85)77(128)100-43-62(117)103-52(28-21-37-96-82(90)91)70(121)101-49(11)67(118)105-53(26-16-19-35-86)72(123)107-56(30-23-39-98-84(94)95)74(125)110-63(45(5)6)78(129)111-64(46(7)8)79(130)113-66(81(132)133)48(10)14-2/h44-59,63-66H,13-43,85-88H2,1-12H3,(H2,89,115)(H,99,120)(H,100,128)(H,101,121)(H,102,122)(H,103,117)(H,104,116)(H,105,118)(H,106,119)(H,107,123)(H,108,127)(H,109,124)(H,110,125)(H,111,129)(H,112,126)(H,113,130)(H,132,133)(H4,90,91,96)(H4,92,93,97)(H4,94,95,98)/t47-,48-,49-,50-,51-,52-,53-,54-,55-,56-,57-,58-,59-,63-,64-,65-,66-/m0/s1. The average molecular weight is 1890 g/mol. The topological polar surface area (TPSA) is 834 Å². The Morgan fingerprint density at radius 3 is 1.14 bits per heavy atom. The molecule has 1 aliphatic rings. The van der Waals surface area contributed by atoms with E-state index in [1.807, 2.05) is 0 Å². The number of nitrogens with two attached hydrogens (primary N) is 11. The minimum absolute atomic E-state index is 0.00343. The molecule has 1 fully saturated rings. The third-order valence-electron chi connectivity index (χ3n) is 22.1. The highest BCUT2D eigenvalue weighted by Crippen LogP contribution is 2.22. The number of carboxylic acid groups (broad SMARTS) is 1. The van der Waals surface area contributed by atoms with Gasteiger partial charge in [0, 0.05) is 32.6 Å². The second-order valence-electron chi connectivity index (χ2n) is 34.6. The van der Waals surface area contributed by atoms with Crippen molar-refractivity contribution in [1.29, 1.82) is 0 Å². The smallest absolute Gasteiger partial charge is 0.326 e. The fraction of sp³-hybridized carbons (Fsp3) is 0.750. The lowest BCUT2D eigenvalue weighted by Crippen LogP contribution is -2.61. The van der Waals surface area contributed by atoms with Crippen LogP contribution in [0.15, 0.2) is 15.0 Å². The zero-order chi connectivity index (χ0) is 101. The van der Waals surface area contributed by atoms with Crippen molar-refractivity contribution in [2.45, 2.75) is 315 Å². The van der Waals surface area contributed by atoms with E-state index in [4.69, 9.17) is 63.1 Å². The first-order valence-corrected chi connectivity index (χ1v) is 45.9. The van der Waals surface area contributed by atoms with E-state index >= 15 is 0 Å². The van der Waals surface area contributed by atoms with Gasteiger partial charge in [0.2, 0.25) is 100 Å². The summed E-state index contributed by atoms with van der Waals surface area (Å²) in [5, 5.41) is 48.7. The van der Waals surface area contributed by atoms with Crippen molar-refractivity contribution >= 4 is 124 Å². The van der Waals surface area contributed by atoms with Gasteiger partial charge in [0.25, 0.3) is 0 Å². The summed E-state index contributed by atoms with van der Waals surface area (Å²) in [6.07, 6.45) is 3.40. The first kappa shape index (κ1) is 119. The molecule has 0 saturated carbocycles. The van der Waals surface area contributed by atoms with Crippen LogP contribution in [-0.4, -0.2) is 284 Å². The van der Waals surface area contributed by atoms with Gasteiger partial charge in [-0.2, -0.15) is 0 Å². The van der Waals surface area contributed by atoms with Gasteiger partial charge in [0.1, 0.15) is 84.6 Å². The number of guanidine groups is 3. The third kappa shape index (κ3) is 46.9. The molecular formula is C84H156N30O19. The summed E-state index contributed by atoms with van der Waals surface area (Å²) in [4.78, 5) is 262. The molecule has 0 spiro atoms. The molecule has 38 N–H and O–H groups in total. The number of aliphatic imine (C=N–C) groups is 3. The number of hydrogen-bond acceptors (Lipinski definition) is 25. The Morgan fingerprint density at radius 2 is 0.722 bits per heavy atom. The van der Waals surface area contributed by atoms with Crippen LogP contribution in [-0.2, 0) is 86.3 Å². The van der Waals surface area contributed by atoms with E-state index in [0.29, 0.717) is 57.9 Å². The Bertz CT molecular complexity index is 3880. The van der Waals surface area contributed by atoms with Crippen LogP contribution in [0, 0.1) is 29.6 Å². The lowest BCUT2D eigenvalue weighted by molar-refractivity contribution is -0.144. The third-order valence-corrected chi connectivity index (χ3v) is 22.1. The SMILES string of the molecule is CC[C@H](C)[C@H](NC(=O)[C@@H](NC(=O)[C@@H](NC(=O)[C@H](CCCN=C(N)N)NC(=O)[C@H](CCCCN)NC(=O)[C@H](C)NC(=O)[C@H](CCCN=C(N)N)NC(=O)CNC(=O)[C@@H](NC(=O)[C@H](CCC(N)=O)NC(=O)CNC(=O)[C@H](CC(C)C)NC(=O)[C@H](CCCCN)NC(=O)[C@@H]1CCCN1C(=O)[C@H](C)NC(=O)[C@H](CCCN=C(N)N)NC(=O)[C@@H](N)CCCCN)[C@@H](C)CC)C(C)C)C(C)C)C(=O)O. The first-order valence-electron chi connectivity index (χ1n) is 45.9. The number of hydrogen-bond donors (Lipinski definition) is 27. The van der Waals surface area contributed by atoms with Crippen LogP contribution in [0.1, 0.15) is 224 Å². The minimum atomic E-state index is -1.59. The Hall–Kier alpha value is -11.9. The van der Waals surface area contributed by atoms with Gasteiger partial charge in [-0.25, -0.2) is 4.79 Å². The van der Waals surface area contributed by atoms with Crippen LogP contribution < -0.4 is 143 Å². The fourth-order valence-corrected chi connectivity index (χ4v) is 13.9. The molecule has 0 aromatic heterocycles. The highest BCUT2D eigenvalue weighted by Gasteiger charge is 2.42. The van der Waals surface area contributed by atoms with Gasteiger partial charge >= 0.3 is 5.97 Å². The number of aliphatic carboxylic acids is 1. The van der Waals surface area contributed by atoms with Gasteiger partial charge in [0.05, 0.1) is 19.1 Å². The molecule has 0 bridgehead atoms. The van der Waals surface area contributed by atoms with Crippen molar-refractivity contribution in [3.63, 3.8) is 0 Å². The lowest BCUT2D eigenvalue weighted by Gasteiger charge is -2.30. The van der Waals surface area contributed by atoms with E-state index in [-0.39, 0.29) is 140 Å². The fourth-order valence-electron chi connectivity index (χ4n) is 13.9. The number of primary amides is 1. The number of carboxylic acids is 1. The Labute approximate surface area is 778 Å². The predicted molar refractivity (Wildman–Crippen MR) is 498 cm³/mol. The van der Waals surface area contributed by atoms with Crippen LogP contribution in [0.5, 0.6) is 0 Å². The van der Waals surface area contributed by atoms with Gasteiger partial charge in [-0.05, 0) is 179 Å². The van der Waals surface area contributed by atoms with Crippen molar-refractivity contribution in [1.82, 2.24) is 84.7 Å². The van der Waals surface area contributed by atoms with Gasteiger partial charge in [-0.3, -0.25) is 96.5 Å². The monoisotopic (exact) mass is 1890 g/mol. The number of rotatable bonds is 67. The number of amides is 17. The molecule has 49 nitrogen and oxygen atoms in total. The number of nitrogens with one attached hydrogen (secondary N) is 15. The average Bonchev–Trinajstić information content (AvgIpc) is 1.69. The molecule has 0 aliphatic carbocycles. The molecule has 0 radical (unpaired) electrons. The predicted octanol–water partition coefficient (Wildman–Crippen LogP) is -7.77. The van der Waals surface area contributed by atoms with Crippen molar-refractivity contribution in [3.8, 4) is 0 Å². The number of nitrogens with zero attached hydrogens (tertiary/aromatic N) is 4. The van der Waals surface area contributed by atoms with E-state index in [9.17, 15) is 91.4 Å². The molecule has 1 saturated heterocycles. The van der Waals surface area contributed by atoms with Crippen molar-refractivity contribution in [3.05, 3.63) is 0 Å². The molecule has 17 atom stereocenters. The summed E-state index contributed by atoms with van der Waals surface area (Å²) >= 11 is 0. The van der Waals surface area contributed by atoms with Crippen molar-refractivity contribution in [2.24, 2.45) is 108 Å². The lowest BCUT2D eigenvalue weighted by atomic mass is 9.96. The second-order valence-corrected chi connectivity index (χ2v) is 34.6. The van der Waals surface area contributed by atoms with E-state index in [1.165, 1.54) is 18.7 Å². The Balaban J connectivity index is 3.47. The van der Waals surface area contributed by atoms with Crippen molar-refractivity contribution < 1.29 is 91.4 Å². The van der Waals surface area contributed by atoms with Gasteiger partial charge < -0.3 is 153 Å². The van der Waals surface area contributed by atoms with Crippen LogP contribution >= 0.6 is 0 Å². The maximum Gasteiger partial charge on any atom is 0.326 e. The summed E-state index contributed by atoms with van der Waals surface area (Å²) in [7, 11) is 0. The van der Waals surface area contributed by atoms with E-state index in [2.05, 4.69) is 94.7 Å². The molecular weight excluding hydrogens is 1730 g/mol. The second kappa shape index (κ2) is 64.0. The zero-order valence-corrected chi connectivity index (χ0v) is 79.4.